The van der Waals surface area contributed by atoms with Crippen LogP contribution >= 0.6 is 0 Å². The average Bonchev–Trinajstić information content (AvgIpc) is 3.02. The molecule has 1 heterocycles. The third-order valence-electron chi connectivity index (χ3n) is 4.54. The minimum atomic E-state index is -3.93. The Morgan fingerprint density at radius 2 is 1.75 bits per heavy atom. The zero-order chi connectivity index (χ0) is 20.5. The first-order valence-electron chi connectivity index (χ1n) is 9.07. The molecule has 0 saturated heterocycles. The number of rotatable bonds is 7. The van der Waals surface area contributed by atoms with Crippen LogP contribution in [0.5, 0.6) is 0 Å². The molecule has 28 heavy (non-hydrogen) atoms. The van der Waals surface area contributed by atoms with Gasteiger partial charge in [0.25, 0.3) is 0 Å². The fourth-order valence-electron chi connectivity index (χ4n) is 3.06. The number of furan rings is 1. The van der Waals surface area contributed by atoms with Crippen molar-refractivity contribution in [1.29, 1.82) is 0 Å². The highest BCUT2D eigenvalue weighted by molar-refractivity contribution is 7.89. The minimum absolute atomic E-state index is 0.0283. The molecule has 0 fully saturated rings. The van der Waals surface area contributed by atoms with Crippen molar-refractivity contribution in [1.82, 2.24) is 4.72 Å². The number of methoxy groups -OCH3 is 1. The molecule has 1 unspecified atom stereocenters. The number of hydrogen-bond acceptors (Lipinski definition) is 6. The molecule has 7 nitrogen and oxygen atoms in total. The van der Waals surface area contributed by atoms with Crippen LogP contribution in [0.4, 0.5) is 5.69 Å². The normalized spacial score (nSPS) is 13.2. The minimum Gasteiger partial charge on any atom is -0.468 e. The van der Waals surface area contributed by atoms with Crippen molar-refractivity contribution in [3.63, 3.8) is 0 Å². The van der Waals surface area contributed by atoms with Gasteiger partial charge < -0.3 is 14.5 Å². The Balaban J connectivity index is 2.00. The maximum absolute atomic E-state index is 12.8. The van der Waals surface area contributed by atoms with Gasteiger partial charge in [-0.05, 0) is 37.1 Å². The number of ether oxygens (including phenoxy) is 1. The lowest BCUT2D eigenvalue weighted by Gasteiger charge is -2.19. The number of carbonyl (C=O) groups excluding carboxylic acids is 1. The molecule has 2 aromatic carbocycles. The Morgan fingerprint density at radius 1 is 1.11 bits per heavy atom. The second-order valence-electron chi connectivity index (χ2n) is 6.87. The van der Waals surface area contributed by atoms with Gasteiger partial charge in [-0.1, -0.05) is 13.8 Å². The van der Waals surface area contributed by atoms with Crippen LogP contribution in [0.15, 0.2) is 45.7 Å². The van der Waals surface area contributed by atoms with Crippen LogP contribution in [0, 0.1) is 5.92 Å². The lowest BCUT2D eigenvalue weighted by molar-refractivity contribution is -0.143. The molecule has 0 aliphatic heterocycles. The number of benzene rings is 2. The lowest BCUT2D eigenvalue weighted by atomic mass is 10.1. The molecular formula is C20H24N2O5S. The molecule has 150 valence electrons. The number of nitrogens with one attached hydrogen (secondary N) is 2. The fraction of sp³-hybridized carbons (Fsp3) is 0.350. The maximum Gasteiger partial charge on any atom is 0.324 e. The Hall–Kier alpha value is -2.58. The zero-order valence-electron chi connectivity index (χ0n) is 16.3. The summed E-state index contributed by atoms with van der Waals surface area (Å²) in [7, 11) is -2.70. The number of sulfonamides is 1. The Morgan fingerprint density at radius 3 is 2.36 bits per heavy atom. The van der Waals surface area contributed by atoms with Crippen LogP contribution in [0.1, 0.15) is 20.8 Å². The van der Waals surface area contributed by atoms with Crippen molar-refractivity contribution >= 4 is 43.6 Å². The second-order valence-corrected chi connectivity index (χ2v) is 8.58. The first kappa shape index (κ1) is 20.2. The summed E-state index contributed by atoms with van der Waals surface area (Å²) in [6, 6.07) is 9.51. The summed E-state index contributed by atoms with van der Waals surface area (Å²) in [5, 5.41) is 4.95. The third kappa shape index (κ3) is 3.83. The van der Waals surface area contributed by atoms with Crippen LogP contribution in [-0.2, 0) is 19.6 Å². The molecule has 1 atom stereocenters. The summed E-state index contributed by atoms with van der Waals surface area (Å²) in [5.74, 6) is -0.888. The van der Waals surface area contributed by atoms with Crippen molar-refractivity contribution in [2.45, 2.75) is 31.7 Å². The molecule has 0 aliphatic rings. The highest BCUT2D eigenvalue weighted by Crippen LogP contribution is 2.32. The molecular weight excluding hydrogens is 380 g/mol. The van der Waals surface area contributed by atoms with E-state index in [1.165, 1.54) is 19.2 Å². The van der Waals surface area contributed by atoms with Crippen molar-refractivity contribution < 1.29 is 22.4 Å². The van der Waals surface area contributed by atoms with Gasteiger partial charge in [0.2, 0.25) is 10.0 Å². The molecule has 2 N–H and O–H groups in total. The summed E-state index contributed by atoms with van der Waals surface area (Å²) in [4.78, 5) is 11.9. The van der Waals surface area contributed by atoms with E-state index in [-0.39, 0.29) is 10.8 Å². The summed E-state index contributed by atoms with van der Waals surface area (Å²) in [6.45, 7) is 6.28. The van der Waals surface area contributed by atoms with E-state index >= 15 is 0 Å². The number of fused-ring (bicyclic) bond motifs is 3. The average molecular weight is 404 g/mol. The maximum atomic E-state index is 12.8. The first-order valence-corrected chi connectivity index (χ1v) is 10.6. The van der Waals surface area contributed by atoms with Crippen molar-refractivity contribution in [3.8, 4) is 0 Å². The molecule has 8 heteroatoms. The Bertz CT molecular complexity index is 1120. The molecule has 0 bridgehead atoms. The monoisotopic (exact) mass is 404 g/mol. The zero-order valence-corrected chi connectivity index (χ0v) is 17.1. The van der Waals surface area contributed by atoms with Crippen LogP contribution < -0.4 is 10.0 Å². The van der Waals surface area contributed by atoms with E-state index in [1.807, 2.05) is 25.1 Å². The molecule has 0 radical (unpaired) electrons. The van der Waals surface area contributed by atoms with Gasteiger partial charge in [0.1, 0.15) is 17.2 Å². The second kappa shape index (κ2) is 7.81. The van der Waals surface area contributed by atoms with Gasteiger partial charge in [-0.2, -0.15) is 4.72 Å². The van der Waals surface area contributed by atoms with Gasteiger partial charge in [-0.15, -0.1) is 0 Å². The summed E-state index contributed by atoms with van der Waals surface area (Å²) >= 11 is 0. The quantitative estimate of drug-likeness (QED) is 0.585. The molecule has 0 amide bonds. The number of anilines is 1. The van der Waals surface area contributed by atoms with Gasteiger partial charge in [0, 0.05) is 35.1 Å². The van der Waals surface area contributed by atoms with E-state index in [4.69, 9.17) is 9.15 Å². The SMILES string of the molecule is CCNc1ccc2c(c1)oc1cc(S(=O)(=O)NC(C(=O)OC)C(C)C)ccc12. The van der Waals surface area contributed by atoms with Crippen LogP contribution in [0.3, 0.4) is 0 Å². The van der Waals surface area contributed by atoms with E-state index < -0.39 is 22.0 Å². The van der Waals surface area contributed by atoms with Crippen LogP contribution in [0.2, 0.25) is 0 Å². The van der Waals surface area contributed by atoms with Gasteiger partial charge in [-0.3, -0.25) is 4.79 Å². The van der Waals surface area contributed by atoms with Gasteiger partial charge in [0.05, 0.1) is 12.0 Å². The predicted molar refractivity (Wildman–Crippen MR) is 109 cm³/mol. The van der Waals surface area contributed by atoms with E-state index in [0.29, 0.717) is 11.2 Å². The fourth-order valence-corrected chi connectivity index (χ4v) is 4.41. The summed E-state index contributed by atoms with van der Waals surface area (Å²) < 4.78 is 38.6. The van der Waals surface area contributed by atoms with Crippen molar-refractivity contribution in [3.05, 3.63) is 36.4 Å². The molecule has 0 aliphatic carbocycles. The van der Waals surface area contributed by atoms with Gasteiger partial charge >= 0.3 is 5.97 Å². The predicted octanol–water partition coefficient (Wildman–Crippen LogP) is 3.49. The molecule has 1 aromatic heterocycles. The number of hydrogen-bond donors (Lipinski definition) is 2. The first-order chi connectivity index (χ1) is 13.3. The van der Waals surface area contributed by atoms with E-state index in [2.05, 4.69) is 10.0 Å². The van der Waals surface area contributed by atoms with Gasteiger partial charge in [-0.25, -0.2) is 8.42 Å². The standard InChI is InChI=1S/C20H24N2O5S/c1-5-21-13-6-8-15-16-9-7-14(11-18(16)27-17(15)10-13)28(24,25)22-19(12(2)3)20(23)26-4/h6-12,19,21-22H,5H2,1-4H3. The lowest BCUT2D eigenvalue weighted by Crippen LogP contribution is -2.44. The largest absolute Gasteiger partial charge is 0.468 e. The van der Waals surface area contributed by atoms with E-state index in [9.17, 15) is 13.2 Å². The van der Waals surface area contributed by atoms with Crippen LogP contribution in [-0.4, -0.2) is 34.1 Å². The van der Waals surface area contributed by atoms with E-state index in [1.54, 1.807) is 19.9 Å². The highest BCUT2D eigenvalue weighted by Gasteiger charge is 2.29. The summed E-state index contributed by atoms with van der Waals surface area (Å²) in [5.41, 5.74) is 2.07. The molecule has 0 saturated carbocycles. The molecule has 0 spiro atoms. The highest BCUT2D eigenvalue weighted by atomic mass is 32.2. The smallest absolute Gasteiger partial charge is 0.324 e. The molecule has 3 aromatic rings. The molecule has 3 rings (SSSR count). The third-order valence-corrected chi connectivity index (χ3v) is 5.98. The summed E-state index contributed by atoms with van der Waals surface area (Å²) in [6.07, 6.45) is 0. The van der Waals surface area contributed by atoms with Crippen molar-refractivity contribution in [2.75, 3.05) is 19.0 Å². The van der Waals surface area contributed by atoms with Crippen LogP contribution in [0.25, 0.3) is 21.9 Å². The Kier molecular flexibility index (Phi) is 5.62. The van der Waals surface area contributed by atoms with Gasteiger partial charge in [0.15, 0.2) is 0 Å². The number of esters is 1. The Labute approximate surface area is 164 Å². The topological polar surface area (TPSA) is 97.6 Å². The number of carbonyl (C=O) groups is 1. The van der Waals surface area contributed by atoms with Crippen molar-refractivity contribution in [2.24, 2.45) is 5.92 Å². The van der Waals surface area contributed by atoms with E-state index in [0.717, 1.165) is 23.0 Å².